The highest BCUT2D eigenvalue weighted by Crippen LogP contribution is 2.12. The van der Waals surface area contributed by atoms with E-state index >= 15 is 0 Å². The largest absolute Gasteiger partial charge is 0.398 e. The average molecular weight is 219 g/mol. The van der Waals surface area contributed by atoms with Gasteiger partial charge in [0, 0.05) is 18.2 Å². The van der Waals surface area contributed by atoms with E-state index in [1.165, 1.54) is 18.7 Å². The molecule has 1 rings (SSSR count). The minimum atomic E-state index is 0.0844. The third kappa shape index (κ3) is 4.09. The van der Waals surface area contributed by atoms with Crippen LogP contribution in [0.2, 0.25) is 0 Å². The molecule has 15 heavy (non-hydrogen) atoms. The SMILES string of the molecule is CC(=O)SCC#Cc1ccc(C)cc1N. The molecule has 0 atom stereocenters. The van der Waals surface area contributed by atoms with Crippen LogP contribution in [-0.4, -0.2) is 10.9 Å². The van der Waals surface area contributed by atoms with E-state index in [4.69, 9.17) is 5.73 Å². The summed E-state index contributed by atoms with van der Waals surface area (Å²) in [6.07, 6.45) is 0. The Balaban J connectivity index is 2.67. The summed E-state index contributed by atoms with van der Waals surface area (Å²) in [4.78, 5) is 10.6. The van der Waals surface area contributed by atoms with E-state index < -0.39 is 0 Å². The van der Waals surface area contributed by atoms with Crippen molar-refractivity contribution in [2.75, 3.05) is 11.5 Å². The fourth-order valence-corrected chi connectivity index (χ4v) is 1.41. The number of thioether (sulfide) groups is 1. The molecule has 0 aliphatic carbocycles. The maximum absolute atomic E-state index is 10.6. The summed E-state index contributed by atoms with van der Waals surface area (Å²) in [5, 5.41) is 0.0844. The number of nitrogens with two attached hydrogens (primary N) is 1. The molecule has 0 radical (unpaired) electrons. The average Bonchev–Trinajstić information content (AvgIpc) is 2.14. The van der Waals surface area contributed by atoms with Crippen LogP contribution in [0.1, 0.15) is 18.1 Å². The second kappa shape index (κ2) is 5.47. The zero-order chi connectivity index (χ0) is 11.3. The lowest BCUT2D eigenvalue weighted by molar-refractivity contribution is -0.109. The van der Waals surface area contributed by atoms with Gasteiger partial charge in [0.1, 0.15) is 0 Å². The van der Waals surface area contributed by atoms with Gasteiger partial charge in [-0.25, -0.2) is 0 Å². The summed E-state index contributed by atoms with van der Waals surface area (Å²) in [6, 6.07) is 5.76. The first kappa shape index (κ1) is 11.7. The Hall–Kier alpha value is -1.40. The first-order valence-electron chi connectivity index (χ1n) is 4.58. The van der Waals surface area contributed by atoms with Gasteiger partial charge in [0.05, 0.1) is 5.75 Å². The molecule has 78 valence electrons. The van der Waals surface area contributed by atoms with Gasteiger partial charge < -0.3 is 5.73 Å². The van der Waals surface area contributed by atoms with Crippen LogP contribution in [0.15, 0.2) is 18.2 Å². The van der Waals surface area contributed by atoms with Crippen LogP contribution >= 0.6 is 11.8 Å². The molecule has 0 saturated heterocycles. The van der Waals surface area contributed by atoms with Crippen molar-refractivity contribution >= 4 is 22.6 Å². The summed E-state index contributed by atoms with van der Waals surface area (Å²) >= 11 is 1.21. The molecular weight excluding hydrogens is 206 g/mol. The summed E-state index contributed by atoms with van der Waals surface area (Å²) in [6.45, 7) is 3.52. The van der Waals surface area contributed by atoms with Crippen molar-refractivity contribution < 1.29 is 4.79 Å². The zero-order valence-corrected chi connectivity index (χ0v) is 9.65. The minimum Gasteiger partial charge on any atom is -0.398 e. The van der Waals surface area contributed by atoms with Gasteiger partial charge in [0.25, 0.3) is 0 Å². The molecule has 2 N–H and O–H groups in total. The predicted octanol–water partition coefficient (Wildman–Crippen LogP) is 2.21. The molecule has 1 aromatic rings. The summed E-state index contributed by atoms with van der Waals surface area (Å²) in [5.41, 5.74) is 8.42. The van der Waals surface area contributed by atoms with Crippen molar-refractivity contribution in [3.05, 3.63) is 29.3 Å². The maximum Gasteiger partial charge on any atom is 0.186 e. The Morgan fingerprint density at radius 2 is 2.27 bits per heavy atom. The molecule has 0 aliphatic rings. The number of hydrogen-bond donors (Lipinski definition) is 1. The standard InChI is InChI=1S/C12H13NOS/c1-9-5-6-11(12(13)8-9)4-3-7-15-10(2)14/h5-6,8H,7,13H2,1-2H3. The van der Waals surface area contributed by atoms with Crippen LogP contribution in [-0.2, 0) is 4.79 Å². The van der Waals surface area contributed by atoms with E-state index in [9.17, 15) is 4.79 Å². The Kier molecular flexibility index (Phi) is 4.26. The van der Waals surface area contributed by atoms with Gasteiger partial charge in [0.15, 0.2) is 5.12 Å². The number of anilines is 1. The predicted molar refractivity (Wildman–Crippen MR) is 65.6 cm³/mol. The van der Waals surface area contributed by atoms with Gasteiger partial charge >= 0.3 is 0 Å². The first-order valence-corrected chi connectivity index (χ1v) is 5.56. The number of rotatable bonds is 1. The van der Waals surface area contributed by atoms with Gasteiger partial charge in [-0.1, -0.05) is 29.7 Å². The fourth-order valence-electron chi connectivity index (χ4n) is 1.07. The molecule has 0 unspecified atom stereocenters. The third-order valence-electron chi connectivity index (χ3n) is 1.78. The molecule has 0 spiro atoms. The lowest BCUT2D eigenvalue weighted by atomic mass is 10.1. The molecule has 0 saturated carbocycles. The summed E-state index contributed by atoms with van der Waals surface area (Å²) < 4.78 is 0. The van der Waals surface area contributed by atoms with Crippen molar-refractivity contribution in [1.29, 1.82) is 0 Å². The quantitative estimate of drug-likeness (QED) is 0.581. The second-order valence-corrected chi connectivity index (χ2v) is 4.33. The second-order valence-electron chi connectivity index (χ2n) is 3.17. The van der Waals surface area contributed by atoms with Crippen molar-refractivity contribution in [2.45, 2.75) is 13.8 Å². The van der Waals surface area contributed by atoms with Crippen LogP contribution in [0, 0.1) is 18.8 Å². The topological polar surface area (TPSA) is 43.1 Å². The minimum absolute atomic E-state index is 0.0844. The summed E-state index contributed by atoms with van der Waals surface area (Å²) in [5.74, 6) is 6.37. The highest BCUT2D eigenvalue weighted by atomic mass is 32.2. The third-order valence-corrected chi connectivity index (χ3v) is 2.47. The summed E-state index contributed by atoms with van der Waals surface area (Å²) in [7, 11) is 0. The van der Waals surface area contributed by atoms with Gasteiger partial charge in [-0.3, -0.25) is 4.79 Å². The molecule has 3 heteroatoms. The molecule has 0 aliphatic heterocycles. The monoisotopic (exact) mass is 219 g/mol. The van der Waals surface area contributed by atoms with Crippen molar-refractivity contribution in [3.63, 3.8) is 0 Å². The Labute approximate surface area is 94.2 Å². The number of hydrogen-bond acceptors (Lipinski definition) is 3. The van der Waals surface area contributed by atoms with Crippen molar-refractivity contribution in [3.8, 4) is 11.8 Å². The Morgan fingerprint density at radius 3 is 2.87 bits per heavy atom. The molecule has 0 fully saturated rings. The van der Waals surface area contributed by atoms with Crippen LogP contribution in [0.5, 0.6) is 0 Å². The number of carbonyl (C=O) groups is 1. The fraction of sp³-hybridized carbons (Fsp3) is 0.250. The molecule has 1 aromatic carbocycles. The van der Waals surface area contributed by atoms with E-state index in [0.29, 0.717) is 11.4 Å². The van der Waals surface area contributed by atoms with E-state index in [1.54, 1.807) is 0 Å². The van der Waals surface area contributed by atoms with Crippen LogP contribution < -0.4 is 5.73 Å². The molecule has 0 aromatic heterocycles. The molecule has 0 bridgehead atoms. The van der Waals surface area contributed by atoms with E-state index in [-0.39, 0.29) is 5.12 Å². The number of nitrogen functional groups attached to an aromatic ring is 1. The van der Waals surface area contributed by atoms with Crippen LogP contribution in [0.25, 0.3) is 0 Å². The van der Waals surface area contributed by atoms with Gasteiger partial charge in [-0.2, -0.15) is 0 Å². The highest BCUT2D eigenvalue weighted by molar-refractivity contribution is 8.13. The smallest absolute Gasteiger partial charge is 0.186 e. The number of benzene rings is 1. The number of carbonyl (C=O) groups excluding carboxylic acids is 1. The normalized spacial score (nSPS) is 9.20. The lowest BCUT2D eigenvalue weighted by Gasteiger charge is -1.98. The zero-order valence-electron chi connectivity index (χ0n) is 8.83. The highest BCUT2D eigenvalue weighted by Gasteiger charge is 1.94. The molecule has 0 amide bonds. The van der Waals surface area contributed by atoms with Crippen molar-refractivity contribution in [1.82, 2.24) is 0 Å². The Bertz CT molecular complexity index is 429. The van der Waals surface area contributed by atoms with E-state index in [2.05, 4.69) is 11.8 Å². The molecule has 2 nitrogen and oxygen atoms in total. The van der Waals surface area contributed by atoms with Gasteiger partial charge in [-0.15, -0.1) is 0 Å². The Morgan fingerprint density at radius 1 is 1.53 bits per heavy atom. The number of aryl methyl sites for hydroxylation is 1. The maximum atomic E-state index is 10.6. The van der Waals surface area contributed by atoms with Crippen molar-refractivity contribution in [2.24, 2.45) is 0 Å². The van der Waals surface area contributed by atoms with Gasteiger partial charge in [0.2, 0.25) is 0 Å². The lowest BCUT2D eigenvalue weighted by Crippen LogP contribution is -1.90. The molecule has 0 heterocycles. The van der Waals surface area contributed by atoms with Crippen LogP contribution in [0.4, 0.5) is 5.69 Å². The van der Waals surface area contributed by atoms with Gasteiger partial charge in [-0.05, 0) is 24.6 Å². The van der Waals surface area contributed by atoms with E-state index in [1.807, 2.05) is 25.1 Å². The molecular formula is C12H13NOS. The van der Waals surface area contributed by atoms with E-state index in [0.717, 1.165) is 11.1 Å². The first-order chi connectivity index (χ1) is 7.09. The van der Waals surface area contributed by atoms with Crippen LogP contribution in [0.3, 0.4) is 0 Å².